The van der Waals surface area contributed by atoms with Crippen LogP contribution in [0.5, 0.6) is 0 Å². The van der Waals surface area contributed by atoms with E-state index in [1.54, 1.807) is 0 Å². The monoisotopic (exact) mass is 268 g/mol. The number of aromatic nitrogens is 1. The zero-order chi connectivity index (χ0) is 12.8. The fourth-order valence-electron chi connectivity index (χ4n) is 2.74. The molecule has 1 aromatic heterocycles. The average molecular weight is 269 g/mol. The Morgan fingerprint density at radius 3 is 2.78 bits per heavy atom. The molecule has 18 heavy (non-hydrogen) atoms. The van der Waals surface area contributed by atoms with Crippen LogP contribution < -0.4 is 5.73 Å². The van der Waals surface area contributed by atoms with Gasteiger partial charge in [0.05, 0.1) is 10.4 Å². The van der Waals surface area contributed by atoms with Gasteiger partial charge in [-0.1, -0.05) is 24.4 Å². The molecule has 2 N–H and O–H groups in total. The lowest BCUT2D eigenvalue weighted by molar-refractivity contribution is 0.344. The Morgan fingerprint density at radius 1 is 1.39 bits per heavy atom. The van der Waals surface area contributed by atoms with Crippen LogP contribution in [-0.4, -0.2) is 11.5 Å². The van der Waals surface area contributed by atoms with Crippen molar-refractivity contribution in [2.24, 2.45) is 5.73 Å². The van der Waals surface area contributed by atoms with E-state index in [1.165, 1.54) is 12.1 Å². The molecule has 3 rings (SSSR count). The first-order chi connectivity index (χ1) is 8.64. The summed E-state index contributed by atoms with van der Waals surface area (Å²) in [6.45, 7) is 0.500. The average Bonchev–Trinajstić information content (AvgIpc) is 2.94. The summed E-state index contributed by atoms with van der Waals surface area (Å²) >= 11 is 5.97. The smallest absolute Gasteiger partial charge is 0.203 e. The minimum atomic E-state index is -0.402. The van der Waals surface area contributed by atoms with Gasteiger partial charge in [-0.25, -0.2) is 9.37 Å². The summed E-state index contributed by atoms with van der Waals surface area (Å²) in [7, 11) is 0. The van der Waals surface area contributed by atoms with E-state index in [0.717, 1.165) is 25.7 Å². The van der Waals surface area contributed by atoms with Crippen LogP contribution >= 0.6 is 11.6 Å². The highest BCUT2D eigenvalue weighted by molar-refractivity contribution is 6.34. The van der Waals surface area contributed by atoms with Crippen molar-refractivity contribution in [1.82, 2.24) is 4.98 Å². The zero-order valence-electron chi connectivity index (χ0n) is 9.88. The van der Waals surface area contributed by atoms with Gasteiger partial charge in [0, 0.05) is 12.6 Å². The maximum atomic E-state index is 13.3. The van der Waals surface area contributed by atoms with Crippen molar-refractivity contribution >= 4 is 22.7 Å². The van der Waals surface area contributed by atoms with Gasteiger partial charge in [-0.15, -0.1) is 0 Å². The molecule has 96 valence electrons. The normalized spacial score (nSPS) is 18.6. The number of benzene rings is 1. The Kier molecular flexibility index (Phi) is 2.79. The molecule has 0 radical (unpaired) electrons. The van der Waals surface area contributed by atoms with Crippen molar-refractivity contribution in [2.75, 3.05) is 6.54 Å². The molecule has 1 aliphatic rings. The van der Waals surface area contributed by atoms with Crippen molar-refractivity contribution in [1.29, 1.82) is 0 Å². The second kappa shape index (κ2) is 4.21. The van der Waals surface area contributed by atoms with Crippen molar-refractivity contribution in [3.8, 4) is 0 Å². The van der Waals surface area contributed by atoms with Crippen LogP contribution in [-0.2, 0) is 5.41 Å². The summed E-state index contributed by atoms with van der Waals surface area (Å²) in [6.07, 6.45) is 4.18. The van der Waals surface area contributed by atoms with E-state index in [2.05, 4.69) is 4.98 Å². The van der Waals surface area contributed by atoms with E-state index in [9.17, 15) is 4.39 Å². The van der Waals surface area contributed by atoms with Crippen LogP contribution in [0.2, 0.25) is 5.02 Å². The molecule has 5 heteroatoms. The summed E-state index contributed by atoms with van der Waals surface area (Å²) in [5.74, 6) is 0.200. The molecule has 1 fully saturated rings. The van der Waals surface area contributed by atoms with E-state index >= 15 is 0 Å². The van der Waals surface area contributed by atoms with E-state index in [1.807, 2.05) is 0 Å². The number of nitrogens with zero attached hydrogens (tertiary/aromatic N) is 1. The Morgan fingerprint density at radius 2 is 2.11 bits per heavy atom. The van der Waals surface area contributed by atoms with E-state index in [4.69, 9.17) is 21.8 Å². The first kappa shape index (κ1) is 11.9. The summed E-state index contributed by atoms with van der Waals surface area (Å²) in [6, 6.07) is 2.58. The van der Waals surface area contributed by atoms with Crippen molar-refractivity contribution < 1.29 is 8.81 Å². The first-order valence-corrected chi connectivity index (χ1v) is 6.48. The van der Waals surface area contributed by atoms with Crippen LogP contribution in [0, 0.1) is 5.82 Å². The fraction of sp³-hybridized carbons (Fsp3) is 0.462. The molecular formula is C13H14ClFN2O. The number of oxazole rings is 1. The Hall–Kier alpha value is -1.13. The van der Waals surface area contributed by atoms with Gasteiger partial charge in [-0.05, 0) is 18.9 Å². The summed E-state index contributed by atoms with van der Waals surface area (Å²) in [4.78, 5) is 4.39. The molecule has 0 aliphatic heterocycles. The molecule has 0 saturated heterocycles. The quantitative estimate of drug-likeness (QED) is 0.908. The Balaban J connectivity index is 2.16. The Labute approximate surface area is 109 Å². The number of fused-ring (bicyclic) bond motifs is 1. The molecular weight excluding hydrogens is 255 g/mol. The van der Waals surface area contributed by atoms with Crippen LogP contribution in [0.25, 0.3) is 11.1 Å². The molecule has 1 saturated carbocycles. The number of hydrogen-bond donors (Lipinski definition) is 1. The predicted molar refractivity (Wildman–Crippen MR) is 68.2 cm³/mol. The number of hydrogen-bond acceptors (Lipinski definition) is 3. The van der Waals surface area contributed by atoms with E-state index in [-0.39, 0.29) is 10.4 Å². The second-order valence-corrected chi connectivity index (χ2v) is 5.35. The van der Waals surface area contributed by atoms with Crippen LogP contribution in [0.1, 0.15) is 31.6 Å². The Bertz CT molecular complexity index is 590. The van der Waals surface area contributed by atoms with Gasteiger partial charge in [0.2, 0.25) is 5.89 Å². The number of halogens is 2. The molecule has 1 aromatic carbocycles. The lowest BCUT2D eigenvalue weighted by atomic mass is 9.86. The second-order valence-electron chi connectivity index (χ2n) is 4.95. The highest BCUT2D eigenvalue weighted by Gasteiger charge is 2.39. The highest BCUT2D eigenvalue weighted by Crippen LogP contribution is 2.41. The number of nitrogens with two attached hydrogens (primary N) is 1. The van der Waals surface area contributed by atoms with Crippen molar-refractivity contribution in [3.63, 3.8) is 0 Å². The molecule has 3 nitrogen and oxygen atoms in total. The maximum Gasteiger partial charge on any atom is 0.203 e. The summed E-state index contributed by atoms with van der Waals surface area (Å²) < 4.78 is 19.0. The minimum absolute atomic E-state index is 0.196. The fourth-order valence-corrected chi connectivity index (χ4v) is 2.98. The van der Waals surface area contributed by atoms with Gasteiger partial charge in [-0.2, -0.15) is 0 Å². The molecule has 1 heterocycles. The molecule has 0 atom stereocenters. The van der Waals surface area contributed by atoms with Gasteiger partial charge < -0.3 is 10.2 Å². The highest BCUT2D eigenvalue weighted by atomic mass is 35.5. The van der Waals surface area contributed by atoms with Crippen LogP contribution in [0.3, 0.4) is 0 Å². The van der Waals surface area contributed by atoms with Gasteiger partial charge >= 0.3 is 0 Å². The number of rotatable bonds is 2. The van der Waals surface area contributed by atoms with Gasteiger partial charge in [0.1, 0.15) is 11.3 Å². The minimum Gasteiger partial charge on any atom is -0.438 e. The first-order valence-electron chi connectivity index (χ1n) is 6.11. The van der Waals surface area contributed by atoms with Gasteiger partial charge in [0.15, 0.2) is 5.58 Å². The molecule has 0 amide bonds. The van der Waals surface area contributed by atoms with Crippen LogP contribution in [0.4, 0.5) is 4.39 Å². The predicted octanol–water partition coefficient (Wildman–Crippen LogP) is 3.39. The SMILES string of the molecule is NCC1(c2nc3cc(F)cc(Cl)c3o2)CCCC1. The van der Waals surface area contributed by atoms with Gasteiger partial charge in [-0.3, -0.25) is 0 Å². The van der Waals surface area contributed by atoms with E-state index < -0.39 is 5.82 Å². The third-order valence-electron chi connectivity index (χ3n) is 3.81. The van der Waals surface area contributed by atoms with Crippen molar-refractivity contribution in [2.45, 2.75) is 31.1 Å². The summed E-state index contributed by atoms with van der Waals surface area (Å²) in [5.41, 5.74) is 6.61. The van der Waals surface area contributed by atoms with Crippen LogP contribution in [0.15, 0.2) is 16.5 Å². The summed E-state index contributed by atoms with van der Waals surface area (Å²) in [5, 5.41) is 0.258. The molecule has 2 aromatic rings. The topological polar surface area (TPSA) is 52.0 Å². The lowest BCUT2D eigenvalue weighted by Gasteiger charge is -2.22. The molecule has 1 aliphatic carbocycles. The van der Waals surface area contributed by atoms with Crippen molar-refractivity contribution in [3.05, 3.63) is 28.9 Å². The molecule has 0 spiro atoms. The zero-order valence-corrected chi connectivity index (χ0v) is 10.6. The third-order valence-corrected chi connectivity index (χ3v) is 4.10. The molecule has 0 bridgehead atoms. The maximum absolute atomic E-state index is 13.3. The standard InChI is InChI=1S/C13H14ClFN2O/c14-9-5-8(15)6-10-11(9)18-12(17-10)13(7-16)3-1-2-4-13/h5-6H,1-4,7,16H2. The van der Waals surface area contributed by atoms with E-state index in [0.29, 0.717) is 23.5 Å². The van der Waals surface area contributed by atoms with Gasteiger partial charge in [0.25, 0.3) is 0 Å². The lowest BCUT2D eigenvalue weighted by Crippen LogP contribution is -2.32. The third kappa shape index (κ3) is 1.71. The molecule has 0 unspecified atom stereocenters. The largest absolute Gasteiger partial charge is 0.438 e.